The number of aliphatic imine (C=N–C) groups is 1. The van der Waals surface area contributed by atoms with Crippen LogP contribution in [0.15, 0.2) is 53.8 Å². The van der Waals surface area contributed by atoms with Gasteiger partial charge in [0.15, 0.2) is 0 Å². The first kappa shape index (κ1) is 16.8. The summed E-state index contributed by atoms with van der Waals surface area (Å²) >= 11 is 0. The molecule has 4 N–H and O–H groups in total. The van der Waals surface area contributed by atoms with E-state index in [0.29, 0.717) is 22.8 Å². The zero-order chi connectivity index (χ0) is 19.1. The predicted molar refractivity (Wildman–Crippen MR) is 109 cm³/mol. The topological polar surface area (TPSA) is 105 Å². The van der Waals surface area contributed by atoms with Gasteiger partial charge in [-0.05, 0) is 23.3 Å². The zero-order valence-corrected chi connectivity index (χ0v) is 15.2. The molecule has 3 aromatic rings. The Morgan fingerprint density at radius 2 is 1.93 bits per heavy atom. The average molecular weight is 372 g/mol. The first-order chi connectivity index (χ1) is 13.7. The van der Waals surface area contributed by atoms with E-state index in [0.717, 1.165) is 18.5 Å². The molecule has 0 saturated carbocycles. The first-order valence-electron chi connectivity index (χ1n) is 9.34. The fourth-order valence-corrected chi connectivity index (χ4v) is 3.95. The Hall–Kier alpha value is -3.32. The highest BCUT2D eigenvalue weighted by Crippen LogP contribution is 2.31. The highest BCUT2D eigenvalue weighted by Gasteiger charge is 2.30. The van der Waals surface area contributed by atoms with E-state index in [9.17, 15) is 4.79 Å². The standard InChI is InChI=1S/C21H20N6O/c22-20(28)14-5-2-6-15-19(14)25-11-26-21(15)27-18-9-23-8-16(18)12-3-1-4-13(7-12)17-10-24-17/h1-7,10-11,16-18,23H,8-9H2,(H2,22,28)(H,25,26,27)/t16-,17?,18+/m1/s1. The lowest BCUT2D eigenvalue weighted by Crippen LogP contribution is -2.28. The summed E-state index contributed by atoms with van der Waals surface area (Å²) in [6.45, 7) is 1.72. The van der Waals surface area contributed by atoms with Crippen LogP contribution in [-0.2, 0) is 0 Å². The lowest BCUT2D eigenvalue weighted by atomic mass is 9.92. The Labute approximate surface area is 162 Å². The SMILES string of the molecule is NC(=O)c1cccc2c(N[C@H]3CNC[C@@H]3c3cccc(C4C=N4)c3)ncnc12. The third kappa shape index (κ3) is 2.99. The number of amides is 1. The van der Waals surface area contributed by atoms with Crippen molar-refractivity contribution in [3.63, 3.8) is 0 Å². The number of aromatic nitrogens is 2. The summed E-state index contributed by atoms with van der Waals surface area (Å²) in [7, 11) is 0. The number of fused-ring (bicyclic) bond motifs is 1. The number of carbonyl (C=O) groups excluding carboxylic acids is 1. The van der Waals surface area contributed by atoms with Crippen molar-refractivity contribution in [1.29, 1.82) is 0 Å². The van der Waals surface area contributed by atoms with Gasteiger partial charge < -0.3 is 16.4 Å². The molecule has 1 saturated heterocycles. The molecule has 0 bridgehead atoms. The number of para-hydroxylation sites is 1. The van der Waals surface area contributed by atoms with E-state index in [1.54, 1.807) is 12.1 Å². The maximum Gasteiger partial charge on any atom is 0.250 e. The second-order valence-electron chi connectivity index (χ2n) is 7.22. The van der Waals surface area contributed by atoms with Gasteiger partial charge in [0.1, 0.15) is 18.2 Å². The fraction of sp³-hybridized carbons (Fsp3) is 0.238. The smallest absolute Gasteiger partial charge is 0.250 e. The van der Waals surface area contributed by atoms with Crippen molar-refractivity contribution in [2.75, 3.05) is 18.4 Å². The summed E-state index contributed by atoms with van der Waals surface area (Å²) in [5, 5.41) is 7.83. The molecule has 7 nitrogen and oxygen atoms in total. The van der Waals surface area contributed by atoms with Crippen LogP contribution in [-0.4, -0.2) is 41.2 Å². The Kier molecular flexibility index (Phi) is 4.02. The monoisotopic (exact) mass is 372 g/mol. The fourth-order valence-electron chi connectivity index (χ4n) is 3.95. The molecule has 5 rings (SSSR count). The van der Waals surface area contributed by atoms with Crippen LogP contribution in [0.25, 0.3) is 10.9 Å². The summed E-state index contributed by atoms with van der Waals surface area (Å²) in [6, 6.07) is 14.5. The largest absolute Gasteiger partial charge is 0.366 e. The summed E-state index contributed by atoms with van der Waals surface area (Å²) in [5.74, 6) is 0.534. The van der Waals surface area contributed by atoms with E-state index >= 15 is 0 Å². The van der Waals surface area contributed by atoms with Crippen LogP contribution < -0.4 is 16.4 Å². The van der Waals surface area contributed by atoms with Crippen LogP contribution >= 0.6 is 0 Å². The summed E-state index contributed by atoms with van der Waals surface area (Å²) in [5.41, 5.74) is 8.99. The number of rotatable bonds is 5. The minimum absolute atomic E-state index is 0.172. The van der Waals surface area contributed by atoms with Crippen LogP contribution in [0.5, 0.6) is 0 Å². The number of nitrogens with one attached hydrogen (secondary N) is 2. The lowest BCUT2D eigenvalue weighted by Gasteiger charge is -2.22. The summed E-state index contributed by atoms with van der Waals surface area (Å²) in [6.07, 6.45) is 3.44. The van der Waals surface area contributed by atoms with E-state index in [4.69, 9.17) is 5.73 Å². The molecular formula is C21H20N6O. The maximum atomic E-state index is 11.7. The number of carbonyl (C=O) groups is 1. The Morgan fingerprint density at radius 3 is 2.75 bits per heavy atom. The number of nitrogens with two attached hydrogens (primary N) is 1. The summed E-state index contributed by atoms with van der Waals surface area (Å²) < 4.78 is 0. The molecule has 0 radical (unpaired) electrons. The second kappa shape index (κ2) is 6.69. The van der Waals surface area contributed by atoms with E-state index in [1.165, 1.54) is 17.5 Å². The number of anilines is 1. The Balaban J connectivity index is 1.46. The minimum atomic E-state index is -0.491. The number of nitrogens with zero attached hydrogens (tertiary/aromatic N) is 3. The third-order valence-corrected chi connectivity index (χ3v) is 5.45. The van der Waals surface area contributed by atoms with Gasteiger partial charge in [-0.25, -0.2) is 9.97 Å². The van der Waals surface area contributed by atoms with Crippen molar-refractivity contribution in [3.8, 4) is 0 Å². The molecule has 28 heavy (non-hydrogen) atoms. The molecule has 7 heteroatoms. The van der Waals surface area contributed by atoms with Gasteiger partial charge in [0.05, 0.1) is 11.1 Å². The molecule has 0 aliphatic carbocycles. The van der Waals surface area contributed by atoms with Gasteiger partial charge in [0.25, 0.3) is 5.91 Å². The number of primary amides is 1. The minimum Gasteiger partial charge on any atom is -0.366 e. The molecule has 3 atom stereocenters. The van der Waals surface area contributed by atoms with Gasteiger partial charge in [-0.3, -0.25) is 9.79 Å². The maximum absolute atomic E-state index is 11.7. The Morgan fingerprint density at radius 1 is 1.11 bits per heavy atom. The molecule has 1 fully saturated rings. The molecule has 1 amide bonds. The quantitative estimate of drug-likeness (QED) is 0.635. The third-order valence-electron chi connectivity index (χ3n) is 5.45. The lowest BCUT2D eigenvalue weighted by molar-refractivity contribution is 0.100. The van der Waals surface area contributed by atoms with Gasteiger partial charge in [0.2, 0.25) is 0 Å². The van der Waals surface area contributed by atoms with Crippen molar-refractivity contribution in [1.82, 2.24) is 15.3 Å². The van der Waals surface area contributed by atoms with E-state index < -0.39 is 5.91 Å². The number of hydrogen-bond acceptors (Lipinski definition) is 6. The molecule has 3 heterocycles. The molecule has 1 aromatic heterocycles. The van der Waals surface area contributed by atoms with Gasteiger partial charge in [0, 0.05) is 36.7 Å². The molecule has 2 aliphatic rings. The molecule has 140 valence electrons. The van der Waals surface area contributed by atoms with Crippen LogP contribution in [0, 0.1) is 0 Å². The zero-order valence-electron chi connectivity index (χ0n) is 15.2. The average Bonchev–Trinajstić information content (AvgIpc) is 3.47. The molecule has 2 aromatic carbocycles. The molecule has 2 aliphatic heterocycles. The van der Waals surface area contributed by atoms with Gasteiger partial charge in [-0.15, -0.1) is 0 Å². The number of benzene rings is 2. The Bertz CT molecular complexity index is 1090. The van der Waals surface area contributed by atoms with Crippen LogP contribution in [0.1, 0.15) is 33.4 Å². The molecule has 0 spiro atoms. The van der Waals surface area contributed by atoms with Crippen LogP contribution in [0.2, 0.25) is 0 Å². The van der Waals surface area contributed by atoms with Gasteiger partial charge in [-0.1, -0.05) is 30.3 Å². The van der Waals surface area contributed by atoms with Crippen molar-refractivity contribution in [2.45, 2.75) is 18.0 Å². The van der Waals surface area contributed by atoms with Crippen LogP contribution in [0.3, 0.4) is 0 Å². The molecule has 1 unspecified atom stereocenters. The van der Waals surface area contributed by atoms with E-state index in [2.05, 4.69) is 49.9 Å². The van der Waals surface area contributed by atoms with Gasteiger partial charge >= 0.3 is 0 Å². The summed E-state index contributed by atoms with van der Waals surface area (Å²) in [4.78, 5) is 24.7. The van der Waals surface area contributed by atoms with Gasteiger partial charge in [-0.2, -0.15) is 0 Å². The predicted octanol–water partition coefficient (Wildman–Crippen LogP) is 2.02. The van der Waals surface area contributed by atoms with Crippen molar-refractivity contribution >= 4 is 28.8 Å². The van der Waals surface area contributed by atoms with E-state index in [1.807, 2.05) is 12.3 Å². The van der Waals surface area contributed by atoms with Crippen molar-refractivity contribution in [2.24, 2.45) is 10.7 Å². The molecular weight excluding hydrogens is 352 g/mol. The highest BCUT2D eigenvalue weighted by atomic mass is 16.1. The number of hydrogen-bond donors (Lipinski definition) is 3. The first-order valence-corrected chi connectivity index (χ1v) is 9.34. The second-order valence-corrected chi connectivity index (χ2v) is 7.22. The van der Waals surface area contributed by atoms with Crippen molar-refractivity contribution < 1.29 is 4.79 Å². The van der Waals surface area contributed by atoms with E-state index in [-0.39, 0.29) is 12.1 Å². The van der Waals surface area contributed by atoms with Crippen LogP contribution in [0.4, 0.5) is 5.82 Å². The normalized spacial score (nSPS) is 23.1. The van der Waals surface area contributed by atoms with Crippen molar-refractivity contribution in [3.05, 3.63) is 65.5 Å². The highest BCUT2D eigenvalue weighted by molar-refractivity contribution is 6.06.